The normalized spacial score (nSPS) is 15.0. The predicted octanol–water partition coefficient (Wildman–Crippen LogP) is -5.14. The Bertz CT molecular complexity index is 194. The van der Waals surface area contributed by atoms with E-state index >= 15 is 0 Å². The number of aliphatic hydroxyl groups is 8. The third-order valence-electron chi connectivity index (χ3n) is 1.48. The van der Waals surface area contributed by atoms with Crippen molar-refractivity contribution in [2.75, 3.05) is 0 Å². The van der Waals surface area contributed by atoms with E-state index in [4.69, 9.17) is 40.9 Å². The van der Waals surface area contributed by atoms with Gasteiger partial charge in [-0.3, -0.25) is 0 Å². The second-order valence-electron chi connectivity index (χ2n) is 2.88. The number of hydrogen-bond acceptors (Lipinski definition) is 9. The van der Waals surface area contributed by atoms with Gasteiger partial charge in [0.15, 0.2) is 0 Å². The fraction of sp³-hybridized carbons (Fsp3) is 1.00. The summed E-state index contributed by atoms with van der Waals surface area (Å²) in [5.74, 6) is -10.9. The maximum Gasteiger partial charge on any atom is 0.289 e. The van der Waals surface area contributed by atoms with Crippen molar-refractivity contribution in [1.29, 1.82) is 0 Å². The van der Waals surface area contributed by atoms with Crippen molar-refractivity contribution in [1.82, 2.24) is 5.32 Å². The third kappa shape index (κ3) is 2.57. The van der Waals surface area contributed by atoms with Gasteiger partial charge in [0.2, 0.25) is 12.2 Å². The van der Waals surface area contributed by atoms with Crippen molar-refractivity contribution in [2.24, 2.45) is 0 Å². The molecule has 9 heteroatoms. The van der Waals surface area contributed by atoms with Crippen LogP contribution in [0.3, 0.4) is 0 Å². The molecule has 0 amide bonds. The summed E-state index contributed by atoms with van der Waals surface area (Å²) >= 11 is 0. The van der Waals surface area contributed by atoms with Crippen LogP contribution >= 0.6 is 0 Å². The standard InChI is InChI=1S/C5H13NO8/c1-3(9,10)4(11,12)5(13,14)6-2(7)8/h2,6-14H,1H3. The van der Waals surface area contributed by atoms with Crippen molar-refractivity contribution < 1.29 is 40.9 Å². The quantitative estimate of drug-likeness (QED) is 0.208. The highest BCUT2D eigenvalue weighted by Gasteiger charge is 2.60. The largest absolute Gasteiger partial charge is 0.361 e. The molecule has 14 heavy (non-hydrogen) atoms. The lowest BCUT2D eigenvalue weighted by molar-refractivity contribution is -0.462. The number of nitrogens with one attached hydrogen (secondary N) is 1. The Morgan fingerprint density at radius 2 is 1.29 bits per heavy atom. The van der Waals surface area contributed by atoms with E-state index in [1.165, 1.54) is 0 Å². The topological polar surface area (TPSA) is 174 Å². The molecule has 0 rings (SSSR count). The van der Waals surface area contributed by atoms with Crippen molar-refractivity contribution in [2.45, 2.75) is 30.8 Å². The second kappa shape index (κ2) is 3.66. The van der Waals surface area contributed by atoms with Crippen LogP contribution < -0.4 is 5.32 Å². The Morgan fingerprint density at radius 1 is 0.929 bits per heavy atom. The molecular weight excluding hydrogens is 202 g/mol. The lowest BCUT2D eigenvalue weighted by Gasteiger charge is -2.41. The summed E-state index contributed by atoms with van der Waals surface area (Å²) in [5, 5.41) is 70.5. The molecule has 0 saturated carbocycles. The summed E-state index contributed by atoms with van der Waals surface area (Å²) in [5.41, 5.74) is 0. The van der Waals surface area contributed by atoms with Gasteiger partial charge in [-0.2, -0.15) is 0 Å². The van der Waals surface area contributed by atoms with Gasteiger partial charge >= 0.3 is 0 Å². The highest BCUT2D eigenvalue weighted by molar-refractivity contribution is 4.89. The first-order valence-corrected chi connectivity index (χ1v) is 3.40. The van der Waals surface area contributed by atoms with Crippen molar-refractivity contribution in [3.05, 3.63) is 0 Å². The lowest BCUT2D eigenvalue weighted by Crippen LogP contribution is -2.73. The Morgan fingerprint density at radius 3 is 1.50 bits per heavy atom. The average molecular weight is 215 g/mol. The second-order valence-corrected chi connectivity index (χ2v) is 2.88. The molecule has 0 saturated heterocycles. The highest BCUT2D eigenvalue weighted by atomic mass is 16.7. The van der Waals surface area contributed by atoms with Crippen molar-refractivity contribution in [3.63, 3.8) is 0 Å². The molecule has 0 aliphatic heterocycles. The molecule has 0 spiro atoms. The van der Waals surface area contributed by atoms with Gasteiger partial charge in [-0.25, -0.2) is 5.32 Å². The summed E-state index contributed by atoms with van der Waals surface area (Å²) in [7, 11) is 0. The van der Waals surface area contributed by atoms with Gasteiger partial charge in [-0.05, 0) is 6.92 Å². The minimum Gasteiger partial charge on any atom is -0.361 e. The average Bonchev–Trinajstić information content (AvgIpc) is 1.80. The van der Waals surface area contributed by atoms with E-state index in [1.54, 1.807) is 0 Å². The fourth-order valence-electron chi connectivity index (χ4n) is 0.611. The molecule has 0 atom stereocenters. The summed E-state index contributed by atoms with van der Waals surface area (Å²) < 4.78 is 0. The Hall–Kier alpha value is -0.360. The summed E-state index contributed by atoms with van der Waals surface area (Å²) in [6.45, 7) is 0.444. The van der Waals surface area contributed by atoms with E-state index < -0.39 is 23.9 Å². The summed E-state index contributed by atoms with van der Waals surface area (Å²) in [6, 6.07) is 0. The molecule has 9 N–H and O–H groups in total. The predicted molar refractivity (Wildman–Crippen MR) is 38.5 cm³/mol. The molecule has 0 fully saturated rings. The van der Waals surface area contributed by atoms with Gasteiger partial charge in [-0.1, -0.05) is 0 Å². The molecule has 0 radical (unpaired) electrons. The van der Waals surface area contributed by atoms with Crippen LogP contribution in [0.15, 0.2) is 0 Å². The number of rotatable bonds is 4. The van der Waals surface area contributed by atoms with Crippen molar-refractivity contribution >= 4 is 0 Å². The first kappa shape index (κ1) is 13.6. The molecule has 0 unspecified atom stereocenters. The molecule has 0 aliphatic rings. The first-order chi connectivity index (χ1) is 5.92. The Labute approximate surface area is 78.1 Å². The number of aliphatic hydroxyl groups excluding tert-OH is 1. The lowest BCUT2D eigenvalue weighted by atomic mass is 10.0. The van der Waals surface area contributed by atoms with Crippen LogP contribution in [0.5, 0.6) is 0 Å². The van der Waals surface area contributed by atoms with E-state index in [0.717, 1.165) is 5.32 Å². The monoisotopic (exact) mass is 215 g/mol. The summed E-state index contributed by atoms with van der Waals surface area (Å²) in [4.78, 5) is 0. The van der Waals surface area contributed by atoms with Crippen LogP contribution in [0, 0.1) is 0 Å². The van der Waals surface area contributed by atoms with E-state index in [1.807, 2.05) is 0 Å². The van der Waals surface area contributed by atoms with E-state index in [9.17, 15) is 0 Å². The molecule has 0 aromatic rings. The van der Waals surface area contributed by atoms with Gasteiger partial charge in [0.25, 0.3) is 11.7 Å². The van der Waals surface area contributed by atoms with Gasteiger partial charge in [0.05, 0.1) is 0 Å². The molecule has 9 nitrogen and oxygen atoms in total. The van der Waals surface area contributed by atoms with Gasteiger partial charge in [-0.15, -0.1) is 0 Å². The van der Waals surface area contributed by atoms with Gasteiger partial charge in [0.1, 0.15) is 0 Å². The SMILES string of the molecule is CC(O)(O)C(O)(O)C(O)(O)NC(O)O. The van der Waals surface area contributed by atoms with E-state index in [-0.39, 0.29) is 0 Å². The minimum absolute atomic E-state index is 0.444. The number of hydrogen-bond donors (Lipinski definition) is 9. The smallest absolute Gasteiger partial charge is 0.289 e. The third-order valence-corrected chi connectivity index (χ3v) is 1.48. The fourth-order valence-corrected chi connectivity index (χ4v) is 0.611. The van der Waals surface area contributed by atoms with Crippen LogP contribution in [0.25, 0.3) is 0 Å². The zero-order chi connectivity index (χ0) is 11.8. The van der Waals surface area contributed by atoms with Crippen LogP contribution in [-0.2, 0) is 0 Å². The van der Waals surface area contributed by atoms with Crippen LogP contribution in [0.4, 0.5) is 0 Å². The van der Waals surface area contributed by atoms with Crippen LogP contribution in [-0.4, -0.2) is 64.8 Å². The van der Waals surface area contributed by atoms with Gasteiger partial charge in [0, 0.05) is 0 Å². The Kier molecular flexibility index (Phi) is 3.56. The van der Waals surface area contributed by atoms with Gasteiger partial charge < -0.3 is 40.9 Å². The molecule has 0 aromatic carbocycles. The highest BCUT2D eigenvalue weighted by Crippen LogP contribution is 2.25. The molecule has 0 aromatic heterocycles. The molecule has 0 heterocycles. The van der Waals surface area contributed by atoms with Crippen LogP contribution in [0.1, 0.15) is 6.92 Å². The maximum absolute atomic E-state index is 8.90. The zero-order valence-electron chi connectivity index (χ0n) is 7.16. The van der Waals surface area contributed by atoms with E-state index in [2.05, 4.69) is 0 Å². The molecular formula is C5H13NO8. The van der Waals surface area contributed by atoms with Crippen molar-refractivity contribution in [3.8, 4) is 0 Å². The first-order valence-electron chi connectivity index (χ1n) is 3.40. The molecule has 0 aliphatic carbocycles. The summed E-state index contributed by atoms with van der Waals surface area (Å²) in [6.07, 6.45) is -2.51. The van der Waals surface area contributed by atoms with Crippen LogP contribution in [0.2, 0.25) is 0 Å². The Balaban J connectivity index is 4.88. The molecule has 0 bridgehead atoms. The van der Waals surface area contributed by atoms with E-state index in [0.29, 0.717) is 6.92 Å². The maximum atomic E-state index is 8.90. The molecule has 86 valence electrons. The zero-order valence-corrected chi connectivity index (χ0v) is 7.16. The minimum atomic E-state index is -3.84.